The van der Waals surface area contributed by atoms with Gasteiger partial charge in [-0.05, 0) is 38.8 Å². The number of hydrogen-bond acceptors (Lipinski definition) is 3. The molecule has 0 bridgehead atoms. The van der Waals surface area contributed by atoms with Gasteiger partial charge in [0.1, 0.15) is 0 Å². The van der Waals surface area contributed by atoms with Crippen LogP contribution in [0, 0.1) is 5.92 Å². The fourth-order valence-corrected chi connectivity index (χ4v) is 4.22. The lowest BCUT2D eigenvalue weighted by Crippen LogP contribution is -2.59. The highest BCUT2D eigenvalue weighted by atomic mass is 16.1. The van der Waals surface area contributed by atoms with Crippen LogP contribution in [0.4, 0.5) is 0 Å². The quantitative estimate of drug-likeness (QED) is 0.367. The molecule has 1 saturated carbocycles. The molecule has 1 heterocycles. The summed E-state index contributed by atoms with van der Waals surface area (Å²) in [4.78, 5) is 18.7. The second-order valence-corrected chi connectivity index (χ2v) is 8.13. The van der Waals surface area contributed by atoms with Crippen LogP contribution in [0.25, 0.3) is 0 Å². The Balaban J connectivity index is 1.81. The molecule has 0 atom stereocenters. The molecule has 6 heteroatoms. The van der Waals surface area contributed by atoms with Crippen LogP contribution in [-0.4, -0.2) is 62.1 Å². The zero-order chi connectivity index (χ0) is 18.8. The molecule has 1 aliphatic heterocycles. The fourth-order valence-electron chi connectivity index (χ4n) is 4.22. The molecule has 0 aromatic carbocycles. The van der Waals surface area contributed by atoms with Gasteiger partial charge < -0.3 is 16.0 Å². The van der Waals surface area contributed by atoms with Gasteiger partial charge in [0.25, 0.3) is 0 Å². The third-order valence-corrected chi connectivity index (χ3v) is 5.86. The highest BCUT2D eigenvalue weighted by molar-refractivity contribution is 5.80. The summed E-state index contributed by atoms with van der Waals surface area (Å²) in [7, 11) is 1.82. The zero-order valence-electron chi connectivity index (χ0n) is 17.1. The van der Waals surface area contributed by atoms with E-state index < -0.39 is 0 Å². The summed E-state index contributed by atoms with van der Waals surface area (Å²) < 4.78 is 0. The van der Waals surface area contributed by atoms with Crippen LogP contribution in [0.5, 0.6) is 0 Å². The van der Waals surface area contributed by atoms with Gasteiger partial charge in [0.15, 0.2) is 5.96 Å². The van der Waals surface area contributed by atoms with Crippen molar-refractivity contribution in [2.24, 2.45) is 10.9 Å². The van der Waals surface area contributed by atoms with E-state index in [1.165, 1.54) is 64.5 Å². The van der Waals surface area contributed by atoms with Crippen molar-refractivity contribution in [1.29, 1.82) is 0 Å². The maximum absolute atomic E-state index is 11.6. The molecule has 3 N–H and O–H groups in total. The summed E-state index contributed by atoms with van der Waals surface area (Å²) in [5.41, 5.74) is 0.294. The maximum Gasteiger partial charge on any atom is 0.222 e. The lowest BCUT2D eigenvalue weighted by Gasteiger charge is -2.48. The van der Waals surface area contributed by atoms with E-state index in [1.807, 2.05) is 20.9 Å². The van der Waals surface area contributed by atoms with Gasteiger partial charge in [-0.3, -0.25) is 14.7 Å². The largest absolute Gasteiger partial charge is 0.355 e. The third kappa shape index (κ3) is 6.15. The van der Waals surface area contributed by atoms with Gasteiger partial charge in [0.2, 0.25) is 5.91 Å². The molecule has 0 radical (unpaired) electrons. The Hall–Kier alpha value is -1.30. The van der Waals surface area contributed by atoms with Crippen LogP contribution >= 0.6 is 0 Å². The van der Waals surface area contributed by atoms with Crippen molar-refractivity contribution in [3.8, 4) is 0 Å². The average molecular weight is 366 g/mol. The normalized spacial score (nSPS) is 21.5. The van der Waals surface area contributed by atoms with Gasteiger partial charge in [-0.25, -0.2) is 0 Å². The summed E-state index contributed by atoms with van der Waals surface area (Å²) in [6.45, 7) is 8.58. The fraction of sp³-hybridized carbons (Fsp3) is 0.900. The molecule has 2 rings (SSSR count). The Morgan fingerprint density at radius 3 is 2.19 bits per heavy atom. The number of hydrogen-bond donors (Lipinski definition) is 3. The van der Waals surface area contributed by atoms with Crippen molar-refractivity contribution in [2.45, 2.75) is 70.8 Å². The van der Waals surface area contributed by atoms with Crippen LogP contribution in [0.1, 0.15) is 65.2 Å². The minimum atomic E-state index is 0.0307. The lowest BCUT2D eigenvalue weighted by molar-refractivity contribution is -0.123. The first-order valence-electron chi connectivity index (χ1n) is 10.5. The molecule has 0 aromatic rings. The number of amides is 1. The van der Waals surface area contributed by atoms with Gasteiger partial charge >= 0.3 is 0 Å². The second kappa shape index (κ2) is 10.8. The number of guanidine groups is 1. The Labute approximate surface area is 159 Å². The molecule has 1 amide bonds. The van der Waals surface area contributed by atoms with E-state index in [2.05, 4.69) is 25.8 Å². The smallest absolute Gasteiger partial charge is 0.222 e. The van der Waals surface area contributed by atoms with Crippen LogP contribution in [-0.2, 0) is 4.79 Å². The molecule has 2 fully saturated rings. The van der Waals surface area contributed by atoms with Crippen molar-refractivity contribution in [1.82, 2.24) is 20.9 Å². The van der Waals surface area contributed by atoms with Gasteiger partial charge in [-0.1, -0.05) is 39.5 Å². The van der Waals surface area contributed by atoms with Crippen molar-refractivity contribution in [3.05, 3.63) is 0 Å². The monoisotopic (exact) mass is 365 g/mol. The third-order valence-electron chi connectivity index (χ3n) is 5.86. The van der Waals surface area contributed by atoms with Crippen LogP contribution in [0.15, 0.2) is 4.99 Å². The average Bonchev–Trinajstić information content (AvgIpc) is 2.68. The van der Waals surface area contributed by atoms with E-state index in [0.29, 0.717) is 18.6 Å². The first-order chi connectivity index (χ1) is 12.6. The molecular weight excluding hydrogens is 326 g/mol. The summed E-state index contributed by atoms with van der Waals surface area (Å²) in [6, 6.07) is 0. The van der Waals surface area contributed by atoms with Crippen LogP contribution < -0.4 is 16.0 Å². The highest BCUT2D eigenvalue weighted by Gasteiger charge is 2.38. The van der Waals surface area contributed by atoms with Crippen LogP contribution in [0.2, 0.25) is 0 Å². The predicted molar refractivity (Wildman–Crippen MR) is 108 cm³/mol. The zero-order valence-corrected chi connectivity index (χ0v) is 17.1. The standard InChI is InChI=1S/C20H39N5O/c1-17(2)18(26)22-12-13-23-19(21-3)24-16-20(10-6-4-7-11-20)25-14-8-5-9-15-25/h17H,4-16H2,1-3H3,(H,22,26)(H2,21,23,24). The van der Waals surface area contributed by atoms with Gasteiger partial charge in [-0.2, -0.15) is 0 Å². The van der Waals surface area contributed by atoms with E-state index in [1.54, 1.807) is 0 Å². The summed E-state index contributed by atoms with van der Waals surface area (Å²) in [6.07, 6.45) is 10.7. The molecule has 150 valence electrons. The molecule has 26 heavy (non-hydrogen) atoms. The number of carbonyl (C=O) groups is 1. The molecule has 0 spiro atoms. The number of rotatable bonds is 7. The van der Waals surface area contributed by atoms with E-state index in [9.17, 15) is 4.79 Å². The Morgan fingerprint density at radius 1 is 0.962 bits per heavy atom. The van der Waals surface area contributed by atoms with Crippen molar-refractivity contribution < 1.29 is 4.79 Å². The Morgan fingerprint density at radius 2 is 1.58 bits per heavy atom. The Kier molecular flexibility index (Phi) is 8.69. The van der Waals surface area contributed by atoms with Crippen LogP contribution in [0.3, 0.4) is 0 Å². The van der Waals surface area contributed by atoms with Crippen molar-refractivity contribution in [3.63, 3.8) is 0 Å². The number of piperidine rings is 1. The van der Waals surface area contributed by atoms with Gasteiger partial charge in [0.05, 0.1) is 0 Å². The molecular formula is C20H39N5O. The topological polar surface area (TPSA) is 68.8 Å². The van der Waals surface area contributed by atoms with E-state index in [0.717, 1.165) is 12.5 Å². The Bertz CT molecular complexity index is 451. The summed E-state index contributed by atoms with van der Waals surface area (Å²) in [5, 5.41) is 9.84. The number of nitrogens with one attached hydrogen (secondary N) is 3. The minimum Gasteiger partial charge on any atom is -0.355 e. The molecule has 2 aliphatic rings. The molecule has 1 aliphatic carbocycles. The molecule has 0 unspecified atom stereocenters. The lowest BCUT2D eigenvalue weighted by atomic mass is 9.79. The molecule has 1 saturated heterocycles. The maximum atomic E-state index is 11.6. The van der Waals surface area contributed by atoms with E-state index in [-0.39, 0.29) is 11.8 Å². The van der Waals surface area contributed by atoms with Crippen molar-refractivity contribution >= 4 is 11.9 Å². The number of nitrogens with zero attached hydrogens (tertiary/aromatic N) is 2. The number of carbonyl (C=O) groups excluding carboxylic acids is 1. The summed E-state index contributed by atoms with van der Waals surface area (Å²) in [5.74, 6) is 0.967. The molecule has 0 aromatic heterocycles. The number of likely N-dealkylation sites (tertiary alicyclic amines) is 1. The SMILES string of the molecule is CN=C(NCCNC(=O)C(C)C)NCC1(N2CCCCC2)CCCCC1. The summed E-state index contributed by atoms with van der Waals surface area (Å²) >= 11 is 0. The predicted octanol–water partition coefficient (Wildman–Crippen LogP) is 2.11. The molecule has 6 nitrogen and oxygen atoms in total. The van der Waals surface area contributed by atoms with Crippen molar-refractivity contribution in [2.75, 3.05) is 39.8 Å². The first-order valence-corrected chi connectivity index (χ1v) is 10.5. The highest BCUT2D eigenvalue weighted by Crippen LogP contribution is 2.35. The van der Waals surface area contributed by atoms with E-state index >= 15 is 0 Å². The van der Waals surface area contributed by atoms with E-state index in [4.69, 9.17) is 0 Å². The number of aliphatic imine (C=N–C) groups is 1. The second-order valence-electron chi connectivity index (χ2n) is 8.13. The van der Waals surface area contributed by atoms with Gasteiger partial charge in [0, 0.05) is 38.1 Å². The minimum absolute atomic E-state index is 0.0307. The first kappa shape index (κ1) is 21.0. The van der Waals surface area contributed by atoms with Gasteiger partial charge in [-0.15, -0.1) is 0 Å².